The van der Waals surface area contributed by atoms with Crippen LogP contribution in [-0.4, -0.2) is 19.8 Å². The molecule has 2 atom stereocenters. The predicted octanol–water partition coefficient (Wildman–Crippen LogP) is 1.21. The molecule has 66 valence electrons. The molecule has 0 amide bonds. The summed E-state index contributed by atoms with van der Waals surface area (Å²) in [6.07, 6.45) is 0. The van der Waals surface area contributed by atoms with Crippen molar-refractivity contribution in [3.05, 3.63) is 0 Å². The molecule has 0 aromatic carbocycles. The smallest absolute Gasteiger partial charge is 0.163 e. The van der Waals surface area contributed by atoms with Crippen LogP contribution in [-0.2, 0) is 15.9 Å². The van der Waals surface area contributed by atoms with E-state index in [1.165, 1.54) is 6.92 Å². The second kappa shape index (κ2) is 3.45. The maximum atomic E-state index is 11.3. The van der Waals surface area contributed by atoms with Crippen molar-refractivity contribution in [3.8, 4) is 0 Å². The summed E-state index contributed by atoms with van der Waals surface area (Å²) in [4.78, 5) is 11.3. The summed E-state index contributed by atoms with van der Waals surface area (Å²) in [5, 5.41) is -0.782. The fourth-order valence-corrected chi connectivity index (χ4v) is 1.24. The molecule has 0 saturated carbocycles. The second-order valence-corrected chi connectivity index (χ2v) is 4.79. The number of rotatable bonds is 2. The van der Waals surface area contributed by atoms with Gasteiger partial charge >= 0.3 is 0 Å². The van der Waals surface area contributed by atoms with Crippen LogP contribution in [0.2, 0.25) is 0 Å². The topological polar surface area (TPSA) is 54.4 Å². The molecule has 4 heteroatoms. The highest BCUT2D eigenvalue weighted by molar-refractivity contribution is 7.80. The van der Waals surface area contributed by atoms with Crippen molar-refractivity contribution in [2.75, 3.05) is 0 Å². The van der Waals surface area contributed by atoms with E-state index < -0.39 is 21.7 Å². The van der Waals surface area contributed by atoms with Gasteiger partial charge in [-0.25, -0.2) is 4.21 Å². The quantitative estimate of drug-likeness (QED) is 0.647. The van der Waals surface area contributed by atoms with Crippen molar-refractivity contribution in [1.29, 1.82) is 0 Å². The first-order valence-electron chi connectivity index (χ1n) is 3.41. The van der Waals surface area contributed by atoms with Crippen LogP contribution >= 0.6 is 0 Å². The Kier molecular flexibility index (Phi) is 3.38. The van der Waals surface area contributed by atoms with Crippen molar-refractivity contribution in [2.45, 2.75) is 32.9 Å². The summed E-state index contributed by atoms with van der Waals surface area (Å²) in [5.74, 6) is -0.182. The van der Waals surface area contributed by atoms with Crippen molar-refractivity contribution < 1.29 is 13.6 Å². The molecule has 3 nitrogen and oxygen atoms in total. The molecule has 1 N–H and O–H groups in total. The predicted molar refractivity (Wildman–Crippen MR) is 44.7 cm³/mol. The summed E-state index contributed by atoms with van der Waals surface area (Å²) in [5.41, 5.74) is -0.530. The average Bonchev–Trinajstić information content (AvgIpc) is 1.82. The van der Waals surface area contributed by atoms with Gasteiger partial charge in [0.1, 0.15) is 5.25 Å². The van der Waals surface area contributed by atoms with Gasteiger partial charge in [0.05, 0.1) is 0 Å². The monoisotopic (exact) mass is 178 g/mol. The molecular formula is C7H14O3S. The van der Waals surface area contributed by atoms with E-state index in [1.54, 1.807) is 20.8 Å². The lowest BCUT2D eigenvalue weighted by Gasteiger charge is -2.19. The number of carbonyl (C=O) groups is 1. The van der Waals surface area contributed by atoms with Crippen LogP contribution < -0.4 is 0 Å². The number of ketones is 1. The molecule has 0 heterocycles. The number of hydrogen-bond acceptors (Lipinski definition) is 2. The van der Waals surface area contributed by atoms with Crippen LogP contribution in [0.1, 0.15) is 27.7 Å². The Labute approximate surface area is 69.5 Å². The Bertz CT molecular complexity index is 181. The Morgan fingerprint density at radius 1 is 1.45 bits per heavy atom. The van der Waals surface area contributed by atoms with Gasteiger partial charge in [0.25, 0.3) is 0 Å². The summed E-state index contributed by atoms with van der Waals surface area (Å²) in [7, 11) is 0. The van der Waals surface area contributed by atoms with Crippen LogP contribution in [0.5, 0.6) is 0 Å². The third-order valence-corrected chi connectivity index (χ3v) is 2.23. The molecule has 0 saturated heterocycles. The van der Waals surface area contributed by atoms with Crippen LogP contribution in [0.4, 0.5) is 0 Å². The molecular weight excluding hydrogens is 164 g/mol. The standard InChI is InChI=1S/C7H14O3S/c1-5(11(9)10)6(8)7(2,3)4/h5H,1-4H3,(H,9,10). The zero-order chi connectivity index (χ0) is 9.23. The maximum absolute atomic E-state index is 11.3. The van der Waals surface area contributed by atoms with Crippen molar-refractivity contribution in [2.24, 2.45) is 5.41 Å². The normalized spacial score (nSPS) is 17.5. The van der Waals surface area contributed by atoms with E-state index in [1.807, 2.05) is 0 Å². The van der Waals surface area contributed by atoms with Crippen molar-refractivity contribution >= 4 is 16.9 Å². The highest BCUT2D eigenvalue weighted by Gasteiger charge is 2.29. The summed E-state index contributed by atoms with van der Waals surface area (Å²) < 4.78 is 19.1. The summed E-state index contributed by atoms with van der Waals surface area (Å²) >= 11 is -2.04. The SMILES string of the molecule is CC(C(=O)C(C)(C)C)S(=O)O. The lowest BCUT2D eigenvalue weighted by atomic mass is 9.89. The highest BCUT2D eigenvalue weighted by atomic mass is 32.2. The first-order valence-corrected chi connectivity index (χ1v) is 4.57. The van der Waals surface area contributed by atoms with E-state index in [-0.39, 0.29) is 5.78 Å². The molecule has 2 unspecified atom stereocenters. The van der Waals surface area contributed by atoms with Crippen LogP contribution in [0, 0.1) is 5.41 Å². The minimum Gasteiger partial charge on any atom is -0.306 e. The van der Waals surface area contributed by atoms with E-state index in [2.05, 4.69) is 0 Å². The Balaban J connectivity index is 4.39. The van der Waals surface area contributed by atoms with Crippen LogP contribution in [0.15, 0.2) is 0 Å². The summed E-state index contributed by atoms with van der Waals surface area (Å²) in [6.45, 7) is 6.67. The van der Waals surface area contributed by atoms with Gasteiger partial charge in [0.2, 0.25) is 0 Å². The number of Topliss-reactive ketones (excluding diaryl/α,β-unsaturated/α-hetero) is 1. The lowest BCUT2D eigenvalue weighted by Crippen LogP contribution is -2.33. The third kappa shape index (κ3) is 3.12. The van der Waals surface area contributed by atoms with Gasteiger partial charge in [-0.05, 0) is 6.92 Å². The molecule has 0 rings (SSSR count). The van der Waals surface area contributed by atoms with E-state index >= 15 is 0 Å². The molecule has 0 radical (unpaired) electrons. The first kappa shape index (κ1) is 10.8. The van der Waals surface area contributed by atoms with Crippen molar-refractivity contribution in [3.63, 3.8) is 0 Å². The molecule has 0 bridgehead atoms. The minimum absolute atomic E-state index is 0.182. The van der Waals surface area contributed by atoms with Gasteiger partial charge in [-0.3, -0.25) is 4.79 Å². The number of hydrogen-bond donors (Lipinski definition) is 1. The Morgan fingerprint density at radius 2 is 1.82 bits per heavy atom. The molecule has 0 aliphatic heterocycles. The fraction of sp³-hybridized carbons (Fsp3) is 0.857. The van der Waals surface area contributed by atoms with Gasteiger partial charge in [-0.2, -0.15) is 0 Å². The van der Waals surface area contributed by atoms with Crippen LogP contribution in [0.3, 0.4) is 0 Å². The lowest BCUT2D eigenvalue weighted by molar-refractivity contribution is -0.125. The molecule has 0 aliphatic carbocycles. The van der Waals surface area contributed by atoms with Crippen LogP contribution in [0.25, 0.3) is 0 Å². The van der Waals surface area contributed by atoms with Gasteiger partial charge in [-0.15, -0.1) is 0 Å². The Hall–Kier alpha value is -0.220. The number of carbonyl (C=O) groups excluding carboxylic acids is 1. The Morgan fingerprint density at radius 3 is 1.91 bits per heavy atom. The molecule has 0 fully saturated rings. The van der Waals surface area contributed by atoms with Gasteiger partial charge in [0.15, 0.2) is 16.9 Å². The second-order valence-electron chi connectivity index (χ2n) is 3.53. The van der Waals surface area contributed by atoms with Gasteiger partial charge < -0.3 is 4.55 Å². The minimum atomic E-state index is -2.04. The van der Waals surface area contributed by atoms with E-state index in [0.29, 0.717) is 0 Å². The zero-order valence-corrected chi connectivity index (χ0v) is 8.07. The molecule has 0 aromatic heterocycles. The molecule has 11 heavy (non-hydrogen) atoms. The molecule has 0 spiro atoms. The van der Waals surface area contributed by atoms with Crippen molar-refractivity contribution in [1.82, 2.24) is 0 Å². The highest BCUT2D eigenvalue weighted by Crippen LogP contribution is 2.18. The van der Waals surface area contributed by atoms with E-state index in [0.717, 1.165) is 0 Å². The zero-order valence-electron chi connectivity index (χ0n) is 7.25. The summed E-state index contributed by atoms with van der Waals surface area (Å²) in [6, 6.07) is 0. The van der Waals surface area contributed by atoms with E-state index in [9.17, 15) is 9.00 Å². The fourth-order valence-electron chi connectivity index (χ4n) is 0.701. The molecule has 0 aliphatic rings. The first-order chi connectivity index (χ1) is 4.76. The average molecular weight is 178 g/mol. The van der Waals surface area contributed by atoms with Gasteiger partial charge in [0, 0.05) is 5.41 Å². The van der Waals surface area contributed by atoms with Gasteiger partial charge in [-0.1, -0.05) is 20.8 Å². The largest absolute Gasteiger partial charge is 0.306 e. The van der Waals surface area contributed by atoms with E-state index in [4.69, 9.17) is 4.55 Å². The molecule has 0 aromatic rings. The third-order valence-electron chi connectivity index (χ3n) is 1.41. The maximum Gasteiger partial charge on any atom is 0.163 e.